The number of nitrogens with zero attached hydrogens (tertiary/aromatic N) is 3. The van der Waals surface area contributed by atoms with Crippen molar-refractivity contribution < 1.29 is 17.9 Å². The summed E-state index contributed by atoms with van der Waals surface area (Å²) in [5.41, 5.74) is 0.621. The fraction of sp³-hybridized carbons (Fsp3) is 0.0625. The average molecular weight is 371 g/mol. The number of hydrogen-bond donors (Lipinski definition) is 2. The maximum atomic E-state index is 12.6. The van der Waals surface area contributed by atoms with E-state index in [1.165, 1.54) is 24.4 Å². The Kier molecular flexibility index (Phi) is 3.81. The molecule has 0 fully saturated rings. The fourth-order valence-corrected chi connectivity index (χ4v) is 3.50. The van der Waals surface area contributed by atoms with Crippen molar-refractivity contribution >= 4 is 27.3 Å². The first-order valence-corrected chi connectivity index (χ1v) is 9.05. The zero-order valence-corrected chi connectivity index (χ0v) is 14.1. The van der Waals surface area contributed by atoms with E-state index in [1.54, 1.807) is 35.3 Å². The number of amides is 1. The average Bonchev–Trinajstić information content (AvgIpc) is 3.16. The largest absolute Gasteiger partial charge is 0.482 e. The van der Waals surface area contributed by atoms with E-state index in [9.17, 15) is 13.2 Å². The molecule has 2 N–H and O–H groups in total. The molecule has 1 amide bonds. The van der Waals surface area contributed by atoms with Crippen LogP contribution in [0.1, 0.15) is 0 Å². The first-order chi connectivity index (χ1) is 12.5. The van der Waals surface area contributed by atoms with E-state index in [1.807, 2.05) is 0 Å². The van der Waals surface area contributed by atoms with Gasteiger partial charge in [-0.1, -0.05) is 0 Å². The molecule has 0 atom stereocenters. The highest BCUT2D eigenvalue weighted by atomic mass is 32.2. The second-order valence-electron chi connectivity index (χ2n) is 5.46. The number of benzene rings is 1. The highest BCUT2D eigenvalue weighted by molar-refractivity contribution is 7.92. The Labute approximate surface area is 148 Å². The number of aromatic nitrogens is 3. The van der Waals surface area contributed by atoms with Crippen LogP contribution in [0.15, 0.2) is 59.9 Å². The van der Waals surface area contributed by atoms with Crippen LogP contribution < -0.4 is 14.8 Å². The van der Waals surface area contributed by atoms with Crippen LogP contribution in [0.25, 0.3) is 5.82 Å². The summed E-state index contributed by atoms with van der Waals surface area (Å²) in [4.78, 5) is 15.6. The predicted octanol–water partition coefficient (Wildman–Crippen LogP) is 1.40. The molecule has 132 valence electrons. The van der Waals surface area contributed by atoms with Crippen molar-refractivity contribution in [2.45, 2.75) is 4.90 Å². The number of anilines is 2. The quantitative estimate of drug-likeness (QED) is 0.716. The summed E-state index contributed by atoms with van der Waals surface area (Å²) < 4.78 is 34.4. The Balaban J connectivity index is 1.57. The van der Waals surface area contributed by atoms with Crippen molar-refractivity contribution in [1.82, 2.24) is 14.8 Å². The van der Waals surface area contributed by atoms with E-state index < -0.39 is 10.0 Å². The van der Waals surface area contributed by atoms with Gasteiger partial charge in [0.25, 0.3) is 15.9 Å². The normalized spacial score (nSPS) is 13.5. The summed E-state index contributed by atoms with van der Waals surface area (Å²) in [6.07, 6.45) is 4.75. The minimum Gasteiger partial charge on any atom is -0.482 e. The Hall–Kier alpha value is -3.40. The number of pyridine rings is 1. The SMILES string of the molecule is O=C1COc2ccc(S(=O)(=O)Nc3ccc(-n4cccn4)nc3)cc2N1. The van der Waals surface area contributed by atoms with E-state index >= 15 is 0 Å². The van der Waals surface area contributed by atoms with Crippen molar-refractivity contribution in [2.75, 3.05) is 16.6 Å². The molecule has 1 aliphatic heterocycles. The Morgan fingerprint density at radius 1 is 1.23 bits per heavy atom. The molecule has 2 aromatic heterocycles. The number of ether oxygens (including phenoxy) is 1. The predicted molar refractivity (Wildman–Crippen MR) is 92.7 cm³/mol. The summed E-state index contributed by atoms with van der Waals surface area (Å²) in [5, 5.41) is 6.64. The van der Waals surface area contributed by atoms with E-state index in [2.05, 4.69) is 20.1 Å². The molecule has 1 aliphatic rings. The lowest BCUT2D eigenvalue weighted by Gasteiger charge is -2.18. The molecule has 0 unspecified atom stereocenters. The minimum atomic E-state index is -3.85. The van der Waals surface area contributed by atoms with Crippen molar-refractivity contribution in [1.29, 1.82) is 0 Å². The third-order valence-corrected chi connectivity index (χ3v) is 5.01. The Morgan fingerprint density at radius 2 is 2.12 bits per heavy atom. The molecule has 26 heavy (non-hydrogen) atoms. The molecule has 0 radical (unpaired) electrons. The van der Waals surface area contributed by atoms with Crippen LogP contribution in [-0.4, -0.2) is 35.7 Å². The molecule has 0 saturated heterocycles. The maximum Gasteiger partial charge on any atom is 0.262 e. The highest BCUT2D eigenvalue weighted by Gasteiger charge is 2.21. The number of carbonyl (C=O) groups excluding carboxylic acids is 1. The number of fused-ring (bicyclic) bond motifs is 1. The minimum absolute atomic E-state index is 0.00166. The van der Waals surface area contributed by atoms with Gasteiger partial charge in [-0.2, -0.15) is 5.10 Å². The molecular weight excluding hydrogens is 358 g/mol. The lowest BCUT2D eigenvalue weighted by atomic mass is 10.2. The second kappa shape index (κ2) is 6.15. The zero-order valence-electron chi connectivity index (χ0n) is 13.3. The van der Waals surface area contributed by atoms with E-state index in [-0.39, 0.29) is 17.4 Å². The van der Waals surface area contributed by atoms with Crippen LogP contribution in [0.3, 0.4) is 0 Å². The zero-order chi connectivity index (χ0) is 18.1. The number of nitrogens with one attached hydrogen (secondary N) is 2. The van der Waals surface area contributed by atoms with E-state index in [0.29, 0.717) is 22.9 Å². The molecule has 3 aromatic rings. The van der Waals surface area contributed by atoms with Crippen LogP contribution >= 0.6 is 0 Å². The van der Waals surface area contributed by atoms with Crippen LogP contribution in [0.4, 0.5) is 11.4 Å². The molecule has 0 aliphatic carbocycles. The summed E-state index contributed by atoms with van der Waals surface area (Å²) in [6.45, 7) is -0.0916. The van der Waals surface area contributed by atoms with Crippen molar-refractivity contribution in [3.05, 3.63) is 55.0 Å². The van der Waals surface area contributed by atoms with Gasteiger partial charge in [0.1, 0.15) is 5.75 Å². The molecule has 9 nitrogen and oxygen atoms in total. The van der Waals surface area contributed by atoms with Gasteiger partial charge in [0.2, 0.25) is 0 Å². The van der Waals surface area contributed by atoms with Gasteiger partial charge < -0.3 is 10.1 Å². The molecular formula is C16H13N5O4S. The summed E-state index contributed by atoms with van der Waals surface area (Å²) >= 11 is 0. The van der Waals surface area contributed by atoms with Gasteiger partial charge in [-0.25, -0.2) is 18.1 Å². The van der Waals surface area contributed by atoms with Crippen LogP contribution in [0.5, 0.6) is 5.75 Å². The van der Waals surface area contributed by atoms with Crippen LogP contribution in [0.2, 0.25) is 0 Å². The molecule has 0 bridgehead atoms. The van der Waals surface area contributed by atoms with Crippen LogP contribution in [-0.2, 0) is 14.8 Å². The first-order valence-electron chi connectivity index (χ1n) is 7.57. The van der Waals surface area contributed by atoms with Gasteiger partial charge in [-0.15, -0.1) is 0 Å². The lowest BCUT2D eigenvalue weighted by molar-refractivity contribution is -0.118. The highest BCUT2D eigenvalue weighted by Crippen LogP contribution is 2.30. The molecule has 3 heterocycles. The topological polar surface area (TPSA) is 115 Å². The summed E-state index contributed by atoms with van der Waals surface area (Å²) in [6, 6.07) is 9.25. The molecule has 0 spiro atoms. The summed E-state index contributed by atoms with van der Waals surface area (Å²) in [5.74, 6) is 0.652. The molecule has 10 heteroatoms. The maximum absolute atomic E-state index is 12.6. The molecule has 1 aromatic carbocycles. The van der Waals surface area contributed by atoms with Gasteiger partial charge in [0.15, 0.2) is 12.4 Å². The number of carbonyl (C=O) groups is 1. The monoisotopic (exact) mass is 371 g/mol. The van der Waals surface area contributed by atoms with Gasteiger partial charge >= 0.3 is 0 Å². The third kappa shape index (κ3) is 3.09. The van der Waals surface area contributed by atoms with Gasteiger partial charge in [0, 0.05) is 12.4 Å². The Bertz CT molecular complexity index is 1060. The Morgan fingerprint density at radius 3 is 2.85 bits per heavy atom. The van der Waals surface area contributed by atoms with Gasteiger partial charge in [-0.05, 0) is 36.4 Å². The fourth-order valence-electron chi connectivity index (χ4n) is 2.43. The lowest BCUT2D eigenvalue weighted by Crippen LogP contribution is -2.25. The number of hydrogen-bond acceptors (Lipinski definition) is 6. The number of sulfonamides is 1. The molecule has 0 saturated carbocycles. The smallest absolute Gasteiger partial charge is 0.262 e. The van der Waals surface area contributed by atoms with Gasteiger partial charge in [0.05, 0.1) is 22.5 Å². The van der Waals surface area contributed by atoms with Crippen LogP contribution in [0, 0.1) is 0 Å². The van der Waals surface area contributed by atoms with E-state index in [4.69, 9.17) is 4.74 Å². The van der Waals surface area contributed by atoms with Crippen molar-refractivity contribution in [3.8, 4) is 11.6 Å². The first kappa shape index (κ1) is 16.1. The van der Waals surface area contributed by atoms with E-state index in [0.717, 1.165) is 0 Å². The molecule has 4 rings (SSSR count). The van der Waals surface area contributed by atoms with Crippen molar-refractivity contribution in [2.24, 2.45) is 0 Å². The standard InChI is InChI=1S/C16H13N5O4S/c22-16-10-25-14-4-3-12(8-13(14)19-16)26(23,24)20-11-2-5-15(17-9-11)21-7-1-6-18-21/h1-9,20H,10H2,(H,19,22). The summed E-state index contributed by atoms with van der Waals surface area (Å²) in [7, 11) is -3.85. The number of rotatable bonds is 4. The second-order valence-corrected chi connectivity index (χ2v) is 7.14. The van der Waals surface area contributed by atoms with Crippen molar-refractivity contribution in [3.63, 3.8) is 0 Å². The van der Waals surface area contributed by atoms with Gasteiger partial charge in [-0.3, -0.25) is 9.52 Å². The third-order valence-electron chi connectivity index (χ3n) is 3.63.